The van der Waals surface area contributed by atoms with Crippen LogP contribution in [0.15, 0.2) is 53.1 Å². The van der Waals surface area contributed by atoms with Gasteiger partial charge >= 0.3 is 0 Å². The first kappa shape index (κ1) is 14.9. The molecule has 2 heterocycles. The summed E-state index contributed by atoms with van der Waals surface area (Å²) in [5, 5.41) is 0. The third-order valence-corrected chi connectivity index (χ3v) is 4.30. The van der Waals surface area contributed by atoms with Gasteiger partial charge in [0, 0.05) is 6.42 Å². The first-order chi connectivity index (χ1) is 10.8. The number of aryl methyl sites for hydroxylation is 1. The standard InChI is InChI=1S/C18H22N2O2/c21-18(9-8-16-5-2-1-3-6-16)20-12-10-19(11-13-20)15-17-7-4-14-22-17/h1-7,14H,8-13,15H2/p+1. The molecule has 1 amide bonds. The van der Waals surface area contributed by atoms with Crippen molar-refractivity contribution >= 4 is 5.91 Å². The fourth-order valence-electron chi connectivity index (χ4n) is 2.96. The normalized spacial score (nSPS) is 15.9. The third kappa shape index (κ3) is 3.98. The van der Waals surface area contributed by atoms with Crippen molar-refractivity contribution in [2.75, 3.05) is 26.2 Å². The highest BCUT2D eigenvalue weighted by molar-refractivity contribution is 5.76. The summed E-state index contributed by atoms with van der Waals surface area (Å²) in [6.45, 7) is 4.61. The van der Waals surface area contributed by atoms with Crippen LogP contribution in [0.25, 0.3) is 0 Å². The molecule has 1 aromatic carbocycles. The lowest BCUT2D eigenvalue weighted by Crippen LogP contribution is -3.13. The first-order valence-corrected chi connectivity index (χ1v) is 7.99. The molecule has 1 N–H and O–H groups in total. The van der Waals surface area contributed by atoms with Gasteiger partial charge in [-0.3, -0.25) is 4.79 Å². The predicted molar refractivity (Wildman–Crippen MR) is 84.5 cm³/mol. The highest BCUT2D eigenvalue weighted by Gasteiger charge is 2.23. The number of nitrogens with zero attached hydrogens (tertiary/aromatic N) is 1. The van der Waals surface area contributed by atoms with Crippen LogP contribution >= 0.6 is 0 Å². The molecule has 1 aliphatic rings. The van der Waals surface area contributed by atoms with Crippen LogP contribution in [0.4, 0.5) is 0 Å². The monoisotopic (exact) mass is 299 g/mol. The summed E-state index contributed by atoms with van der Waals surface area (Å²) in [5.74, 6) is 1.31. The van der Waals surface area contributed by atoms with Crippen molar-refractivity contribution in [3.8, 4) is 0 Å². The molecule has 116 valence electrons. The lowest BCUT2D eigenvalue weighted by Gasteiger charge is -2.31. The second-order valence-electron chi connectivity index (χ2n) is 5.87. The van der Waals surface area contributed by atoms with E-state index in [1.807, 2.05) is 35.2 Å². The number of carbonyl (C=O) groups is 1. The highest BCUT2D eigenvalue weighted by atomic mass is 16.3. The highest BCUT2D eigenvalue weighted by Crippen LogP contribution is 2.05. The molecule has 0 bridgehead atoms. The predicted octanol–water partition coefficient (Wildman–Crippen LogP) is 1.14. The van der Waals surface area contributed by atoms with Gasteiger partial charge in [0.25, 0.3) is 0 Å². The van der Waals surface area contributed by atoms with Crippen LogP contribution in [-0.2, 0) is 17.8 Å². The van der Waals surface area contributed by atoms with Crippen LogP contribution < -0.4 is 4.90 Å². The van der Waals surface area contributed by atoms with Crippen molar-refractivity contribution in [2.24, 2.45) is 0 Å². The Morgan fingerprint density at radius 3 is 2.55 bits per heavy atom. The summed E-state index contributed by atoms with van der Waals surface area (Å²) in [6, 6.07) is 14.2. The van der Waals surface area contributed by atoms with Crippen molar-refractivity contribution < 1.29 is 14.1 Å². The van der Waals surface area contributed by atoms with E-state index in [2.05, 4.69) is 12.1 Å². The molecule has 0 radical (unpaired) electrons. The van der Waals surface area contributed by atoms with Crippen LogP contribution in [0.1, 0.15) is 17.7 Å². The molecular weight excluding hydrogens is 276 g/mol. The minimum absolute atomic E-state index is 0.279. The molecule has 0 saturated carbocycles. The van der Waals surface area contributed by atoms with Crippen LogP contribution in [0.3, 0.4) is 0 Å². The number of benzene rings is 1. The topological polar surface area (TPSA) is 37.9 Å². The quantitative estimate of drug-likeness (QED) is 0.899. The fourth-order valence-corrected chi connectivity index (χ4v) is 2.96. The molecule has 1 aliphatic heterocycles. The van der Waals surface area contributed by atoms with Crippen molar-refractivity contribution in [1.29, 1.82) is 0 Å². The zero-order valence-corrected chi connectivity index (χ0v) is 12.8. The summed E-state index contributed by atoms with van der Waals surface area (Å²) in [5.41, 5.74) is 1.23. The number of rotatable bonds is 5. The van der Waals surface area contributed by atoms with E-state index in [1.54, 1.807) is 6.26 Å². The molecule has 0 aliphatic carbocycles. The maximum absolute atomic E-state index is 12.3. The van der Waals surface area contributed by atoms with Gasteiger partial charge in [-0.05, 0) is 24.1 Å². The van der Waals surface area contributed by atoms with Crippen LogP contribution in [0.2, 0.25) is 0 Å². The summed E-state index contributed by atoms with van der Waals surface area (Å²) in [4.78, 5) is 15.8. The van der Waals surface area contributed by atoms with Gasteiger partial charge < -0.3 is 14.2 Å². The van der Waals surface area contributed by atoms with Gasteiger partial charge in [0.05, 0.1) is 32.4 Å². The molecule has 1 saturated heterocycles. The largest absolute Gasteiger partial charge is 0.463 e. The molecule has 0 unspecified atom stereocenters. The van der Waals surface area contributed by atoms with Gasteiger partial charge in [0.1, 0.15) is 6.54 Å². The Bertz CT molecular complexity index is 572. The van der Waals surface area contributed by atoms with E-state index in [-0.39, 0.29) is 5.91 Å². The van der Waals surface area contributed by atoms with Crippen molar-refractivity contribution in [1.82, 2.24) is 4.90 Å². The van der Waals surface area contributed by atoms with Crippen molar-refractivity contribution in [3.63, 3.8) is 0 Å². The number of quaternary nitrogens is 1. The van der Waals surface area contributed by atoms with E-state index in [0.29, 0.717) is 6.42 Å². The van der Waals surface area contributed by atoms with Crippen LogP contribution in [-0.4, -0.2) is 37.0 Å². The molecule has 0 spiro atoms. The number of hydrogen-bond acceptors (Lipinski definition) is 2. The summed E-state index contributed by atoms with van der Waals surface area (Å²) >= 11 is 0. The van der Waals surface area contributed by atoms with E-state index < -0.39 is 0 Å². The zero-order valence-electron chi connectivity index (χ0n) is 12.8. The lowest BCUT2D eigenvalue weighted by atomic mass is 10.1. The average Bonchev–Trinajstić information content (AvgIpc) is 3.07. The molecule has 2 aromatic rings. The third-order valence-electron chi connectivity index (χ3n) is 4.30. The smallest absolute Gasteiger partial charge is 0.223 e. The van der Waals surface area contributed by atoms with E-state index in [9.17, 15) is 4.79 Å². The van der Waals surface area contributed by atoms with Gasteiger partial charge in [-0.2, -0.15) is 0 Å². The molecule has 3 rings (SSSR count). The molecular formula is C18H23N2O2+. The Labute approximate surface area is 131 Å². The van der Waals surface area contributed by atoms with Crippen LogP contribution in [0, 0.1) is 0 Å². The van der Waals surface area contributed by atoms with Gasteiger partial charge in [-0.15, -0.1) is 0 Å². The lowest BCUT2D eigenvalue weighted by molar-refractivity contribution is -0.918. The number of hydrogen-bond donors (Lipinski definition) is 1. The van der Waals surface area contributed by atoms with Gasteiger partial charge in [0.15, 0.2) is 5.76 Å². The Morgan fingerprint density at radius 1 is 1.09 bits per heavy atom. The number of amides is 1. The summed E-state index contributed by atoms with van der Waals surface area (Å²) in [6.07, 6.45) is 3.16. The SMILES string of the molecule is O=C(CCc1ccccc1)N1CC[NH+](Cc2ccco2)CC1. The van der Waals surface area contributed by atoms with E-state index in [1.165, 1.54) is 10.5 Å². The maximum atomic E-state index is 12.3. The number of nitrogens with one attached hydrogen (secondary N) is 1. The molecule has 1 aromatic heterocycles. The first-order valence-electron chi connectivity index (χ1n) is 7.99. The average molecular weight is 299 g/mol. The minimum Gasteiger partial charge on any atom is -0.463 e. The summed E-state index contributed by atoms with van der Waals surface area (Å²) in [7, 11) is 0. The Kier molecular flexibility index (Phi) is 4.91. The maximum Gasteiger partial charge on any atom is 0.223 e. The number of furan rings is 1. The van der Waals surface area contributed by atoms with Crippen molar-refractivity contribution in [3.05, 3.63) is 60.1 Å². The van der Waals surface area contributed by atoms with E-state index >= 15 is 0 Å². The number of piperazine rings is 1. The van der Waals surface area contributed by atoms with E-state index in [4.69, 9.17) is 4.42 Å². The van der Waals surface area contributed by atoms with Gasteiger partial charge in [-0.25, -0.2) is 0 Å². The molecule has 4 heteroatoms. The fraction of sp³-hybridized carbons (Fsp3) is 0.389. The second kappa shape index (κ2) is 7.27. The Morgan fingerprint density at radius 2 is 1.86 bits per heavy atom. The molecule has 1 fully saturated rings. The molecule has 22 heavy (non-hydrogen) atoms. The molecule has 0 atom stereocenters. The Balaban J connectivity index is 1.42. The van der Waals surface area contributed by atoms with E-state index in [0.717, 1.165) is 44.9 Å². The zero-order chi connectivity index (χ0) is 15.2. The van der Waals surface area contributed by atoms with Crippen molar-refractivity contribution in [2.45, 2.75) is 19.4 Å². The number of carbonyl (C=O) groups excluding carboxylic acids is 1. The van der Waals surface area contributed by atoms with Gasteiger partial charge in [0.2, 0.25) is 5.91 Å². The summed E-state index contributed by atoms with van der Waals surface area (Å²) < 4.78 is 5.40. The van der Waals surface area contributed by atoms with Crippen LogP contribution in [0.5, 0.6) is 0 Å². The molecule has 4 nitrogen and oxygen atoms in total. The Hall–Kier alpha value is -2.07. The minimum atomic E-state index is 0.279. The van der Waals surface area contributed by atoms with Gasteiger partial charge in [-0.1, -0.05) is 30.3 Å². The second-order valence-corrected chi connectivity index (χ2v) is 5.87.